The third-order valence-corrected chi connectivity index (χ3v) is 3.84. The molecule has 16 heavy (non-hydrogen) atoms. The maximum atomic E-state index is 10.6. The van der Waals surface area contributed by atoms with Crippen molar-refractivity contribution in [1.82, 2.24) is 0 Å². The smallest absolute Gasteiger partial charge is 0.123 e. The van der Waals surface area contributed by atoms with Crippen LogP contribution in [0.1, 0.15) is 52.9 Å². The number of rotatable bonds is 5. The molecule has 2 nitrogen and oxygen atoms in total. The highest BCUT2D eigenvalue weighted by molar-refractivity contribution is 5.54. The van der Waals surface area contributed by atoms with Crippen molar-refractivity contribution < 1.29 is 9.90 Å². The molecule has 0 saturated heterocycles. The van der Waals surface area contributed by atoms with Crippen LogP contribution in [0.5, 0.6) is 0 Å². The van der Waals surface area contributed by atoms with E-state index in [1.807, 2.05) is 13.8 Å². The van der Waals surface area contributed by atoms with Gasteiger partial charge in [-0.3, -0.25) is 0 Å². The minimum atomic E-state index is -0.583. The van der Waals surface area contributed by atoms with E-state index in [1.165, 1.54) is 5.57 Å². The van der Waals surface area contributed by atoms with Gasteiger partial charge >= 0.3 is 0 Å². The third kappa shape index (κ3) is 4.09. The zero-order valence-electron chi connectivity index (χ0n) is 10.7. The maximum Gasteiger partial charge on any atom is 0.123 e. The molecular weight excluding hydrogens is 200 g/mol. The summed E-state index contributed by atoms with van der Waals surface area (Å²) in [5.41, 5.74) is 0.884. The van der Waals surface area contributed by atoms with Crippen LogP contribution in [0.4, 0.5) is 0 Å². The summed E-state index contributed by atoms with van der Waals surface area (Å²) in [5.74, 6) is 0.563. The average Bonchev–Trinajstić information content (AvgIpc) is 2.25. The van der Waals surface area contributed by atoms with Gasteiger partial charge in [0.15, 0.2) is 0 Å². The van der Waals surface area contributed by atoms with Crippen LogP contribution < -0.4 is 0 Å². The standard InChI is InChI=1S/C14H24O2/c1-11(14(2,3)16)4-5-12-6-8-13(10-15)9-7-12/h6,10-11,13,16H,4-5,7-9H2,1-3H3. The van der Waals surface area contributed by atoms with Gasteiger partial charge in [-0.1, -0.05) is 18.6 Å². The van der Waals surface area contributed by atoms with Crippen molar-refractivity contribution in [3.63, 3.8) is 0 Å². The first-order valence-corrected chi connectivity index (χ1v) is 6.29. The van der Waals surface area contributed by atoms with Crippen LogP contribution in [0.25, 0.3) is 0 Å². The van der Waals surface area contributed by atoms with Gasteiger partial charge in [0.25, 0.3) is 0 Å². The van der Waals surface area contributed by atoms with E-state index in [-0.39, 0.29) is 5.92 Å². The van der Waals surface area contributed by atoms with Crippen LogP contribution in [0.3, 0.4) is 0 Å². The molecule has 0 heterocycles. The Bertz CT molecular complexity index is 260. The topological polar surface area (TPSA) is 37.3 Å². The van der Waals surface area contributed by atoms with E-state index in [4.69, 9.17) is 0 Å². The van der Waals surface area contributed by atoms with E-state index in [2.05, 4.69) is 13.0 Å². The number of carbonyl (C=O) groups excluding carboxylic acids is 1. The van der Waals surface area contributed by atoms with Gasteiger partial charge in [-0.2, -0.15) is 0 Å². The second kappa shape index (κ2) is 5.62. The molecule has 0 spiro atoms. The fraction of sp³-hybridized carbons (Fsp3) is 0.786. The first-order valence-electron chi connectivity index (χ1n) is 6.29. The van der Waals surface area contributed by atoms with Gasteiger partial charge < -0.3 is 9.90 Å². The molecule has 0 aromatic carbocycles. The Morgan fingerprint density at radius 1 is 1.62 bits per heavy atom. The molecule has 2 heteroatoms. The largest absolute Gasteiger partial charge is 0.390 e. The maximum absolute atomic E-state index is 10.6. The zero-order chi connectivity index (χ0) is 12.2. The van der Waals surface area contributed by atoms with Crippen molar-refractivity contribution in [1.29, 1.82) is 0 Å². The Kier molecular flexibility index (Phi) is 4.72. The highest BCUT2D eigenvalue weighted by Crippen LogP contribution is 2.28. The number of aliphatic hydroxyl groups is 1. The fourth-order valence-corrected chi connectivity index (χ4v) is 2.01. The van der Waals surface area contributed by atoms with Crippen LogP contribution in [0.15, 0.2) is 11.6 Å². The quantitative estimate of drug-likeness (QED) is 0.575. The lowest BCUT2D eigenvalue weighted by molar-refractivity contribution is -0.111. The normalized spacial score (nSPS) is 23.8. The highest BCUT2D eigenvalue weighted by Gasteiger charge is 2.22. The number of carbonyl (C=O) groups is 1. The predicted molar refractivity (Wildman–Crippen MR) is 66.2 cm³/mol. The van der Waals surface area contributed by atoms with Crippen molar-refractivity contribution in [3.8, 4) is 0 Å². The third-order valence-electron chi connectivity index (χ3n) is 3.84. The van der Waals surface area contributed by atoms with Crippen molar-refractivity contribution >= 4 is 6.29 Å². The summed E-state index contributed by atoms with van der Waals surface area (Å²) in [4.78, 5) is 10.6. The van der Waals surface area contributed by atoms with Crippen LogP contribution in [-0.2, 0) is 4.79 Å². The lowest BCUT2D eigenvalue weighted by atomic mass is 9.84. The summed E-state index contributed by atoms with van der Waals surface area (Å²) in [6.07, 6.45) is 8.37. The number of hydrogen-bond acceptors (Lipinski definition) is 2. The van der Waals surface area contributed by atoms with E-state index in [0.29, 0.717) is 5.92 Å². The van der Waals surface area contributed by atoms with Crippen LogP contribution in [0, 0.1) is 11.8 Å². The first kappa shape index (κ1) is 13.4. The van der Waals surface area contributed by atoms with Gasteiger partial charge in [0, 0.05) is 5.92 Å². The molecule has 0 aliphatic heterocycles. The average molecular weight is 224 g/mol. The van der Waals surface area contributed by atoms with E-state index in [9.17, 15) is 9.90 Å². The molecule has 2 unspecified atom stereocenters. The minimum absolute atomic E-state index is 0.246. The van der Waals surface area contributed by atoms with Crippen molar-refractivity contribution in [2.75, 3.05) is 0 Å². The van der Waals surface area contributed by atoms with E-state index in [1.54, 1.807) is 0 Å². The molecule has 1 N–H and O–H groups in total. The van der Waals surface area contributed by atoms with E-state index < -0.39 is 5.60 Å². The van der Waals surface area contributed by atoms with Crippen molar-refractivity contribution in [3.05, 3.63) is 11.6 Å². The fourth-order valence-electron chi connectivity index (χ4n) is 2.01. The Hall–Kier alpha value is -0.630. The Morgan fingerprint density at radius 2 is 2.31 bits per heavy atom. The van der Waals surface area contributed by atoms with E-state index in [0.717, 1.165) is 38.4 Å². The lowest BCUT2D eigenvalue weighted by Gasteiger charge is -2.27. The SMILES string of the molecule is CC(CCC1=CCC(C=O)CC1)C(C)(C)O. The second-order valence-corrected chi connectivity index (χ2v) is 5.63. The molecule has 2 atom stereocenters. The number of allylic oxidation sites excluding steroid dienone is 2. The van der Waals surface area contributed by atoms with Gasteiger partial charge in [-0.15, -0.1) is 0 Å². The summed E-state index contributed by atoms with van der Waals surface area (Å²) in [5, 5.41) is 9.83. The van der Waals surface area contributed by atoms with Gasteiger partial charge in [0.2, 0.25) is 0 Å². The Balaban J connectivity index is 2.34. The molecular formula is C14H24O2. The molecule has 0 bridgehead atoms. The number of aldehydes is 1. The zero-order valence-corrected chi connectivity index (χ0v) is 10.7. The Labute approximate surface area is 98.7 Å². The monoisotopic (exact) mass is 224 g/mol. The van der Waals surface area contributed by atoms with Crippen LogP contribution in [0.2, 0.25) is 0 Å². The summed E-state index contributed by atoms with van der Waals surface area (Å²) in [6.45, 7) is 5.84. The second-order valence-electron chi connectivity index (χ2n) is 5.63. The molecule has 1 rings (SSSR count). The van der Waals surface area contributed by atoms with Gasteiger partial charge in [-0.05, 0) is 51.9 Å². The molecule has 0 saturated carbocycles. The van der Waals surface area contributed by atoms with Crippen molar-refractivity contribution in [2.24, 2.45) is 11.8 Å². The molecule has 1 aliphatic carbocycles. The van der Waals surface area contributed by atoms with Crippen LogP contribution >= 0.6 is 0 Å². The number of hydrogen-bond donors (Lipinski definition) is 1. The van der Waals surface area contributed by atoms with Crippen molar-refractivity contribution in [2.45, 2.75) is 58.5 Å². The molecule has 0 radical (unpaired) electrons. The Morgan fingerprint density at radius 3 is 2.75 bits per heavy atom. The molecule has 0 fully saturated rings. The van der Waals surface area contributed by atoms with Crippen LogP contribution in [-0.4, -0.2) is 17.0 Å². The molecule has 0 aromatic rings. The molecule has 0 amide bonds. The molecule has 92 valence electrons. The van der Waals surface area contributed by atoms with E-state index >= 15 is 0 Å². The predicted octanol–water partition coefficient (Wildman–Crippen LogP) is 3.10. The molecule has 1 aliphatic rings. The van der Waals surface area contributed by atoms with Gasteiger partial charge in [0.05, 0.1) is 5.60 Å². The van der Waals surface area contributed by atoms with Gasteiger partial charge in [-0.25, -0.2) is 0 Å². The minimum Gasteiger partial charge on any atom is -0.390 e. The highest BCUT2D eigenvalue weighted by atomic mass is 16.3. The summed E-state index contributed by atoms with van der Waals surface area (Å²) < 4.78 is 0. The first-order chi connectivity index (χ1) is 7.43. The summed E-state index contributed by atoms with van der Waals surface area (Å²) in [7, 11) is 0. The summed E-state index contributed by atoms with van der Waals surface area (Å²) >= 11 is 0. The van der Waals surface area contributed by atoms with Gasteiger partial charge in [0.1, 0.15) is 6.29 Å². The molecule has 0 aromatic heterocycles. The lowest BCUT2D eigenvalue weighted by Crippen LogP contribution is -2.28. The summed E-state index contributed by atoms with van der Waals surface area (Å²) in [6, 6.07) is 0.